The second-order valence-electron chi connectivity index (χ2n) is 6.79. The van der Waals surface area contributed by atoms with Gasteiger partial charge in [-0.25, -0.2) is 4.39 Å². The van der Waals surface area contributed by atoms with Crippen molar-refractivity contribution in [1.29, 1.82) is 5.26 Å². The Kier molecular flexibility index (Phi) is 5.40. The van der Waals surface area contributed by atoms with E-state index >= 15 is 0 Å². The number of nitriles is 1. The molecule has 0 atom stereocenters. The predicted octanol–water partition coefficient (Wildman–Crippen LogP) is 5.53. The maximum Gasteiger partial charge on any atom is 0.123 e. The van der Waals surface area contributed by atoms with E-state index in [0.29, 0.717) is 12.0 Å². The molecule has 2 aromatic heterocycles. The summed E-state index contributed by atoms with van der Waals surface area (Å²) in [5.74, 6) is -0.313. The van der Waals surface area contributed by atoms with Crippen LogP contribution in [-0.2, 0) is 6.42 Å². The molecule has 4 heteroatoms. The molecule has 4 aromatic rings. The number of benzene rings is 2. The first-order valence-electron chi connectivity index (χ1n) is 9.34. The summed E-state index contributed by atoms with van der Waals surface area (Å²) in [4.78, 5) is 8.54. The molecule has 2 aromatic carbocycles. The van der Waals surface area contributed by atoms with Gasteiger partial charge in [0.05, 0.1) is 11.6 Å². The van der Waals surface area contributed by atoms with E-state index in [1.54, 1.807) is 24.5 Å². The number of nitrogens with zero attached hydrogens (tertiary/aromatic N) is 3. The van der Waals surface area contributed by atoms with Crippen LogP contribution < -0.4 is 0 Å². The van der Waals surface area contributed by atoms with Gasteiger partial charge in [-0.05, 0) is 64.6 Å². The molecule has 140 valence electrons. The summed E-state index contributed by atoms with van der Waals surface area (Å²) in [5, 5.41) is 9.52. The number of hydrogen-bond donors (Lipinski definition) is 0. The second kappa shape index (κ2) is 8.45. The quantitative estimate of drug-likeness (QED) is 0.458. The third-order valence-electron chi connectivity index (χ3n) is 5.01. The molecule has 0 bridgehead atoms. The number of aromatic nitrogens is 2. The van der Waals surface area contributed by atoms with Crippen LogP contribution in [0.5, 0.6) is 0 Å². The molecular weight excluding hydrogens is 361 g/mol. The molecular formula is C25H18FN3. The Morgan fingerprint density at radius 1 is 0.828 bits per heavy atom. The molecule has 0 aliphatic heterocycles. The van der Waals surface area contributed by atoms with Gasteiger partial charge in [-0.1, -0.05) is 36.4 Å². The van der Waals surface area contributed by atoms with Gasteiger partial charge in [0.15, 0.2) is 0 Å². The lowest BCUT2D eigenvalue weighted by Crippen LogP contribution is -2.07. The molecule has 0 aliphatic rings. The zero-order valence-corrected chi connectivity index (χ0v) is 15.7. The van der Waals surface area contributed by atoms with E-state index in [1.807, 2.05) is 54.9 Å². The minimum absolute atomic E-state index is 0.0101. The van der Waals surface area contributed by atoms with Crippen molar-refractivity contribution in [1.82, 2.24) is 9.97 Å². The largest absolute Gasteiger partial charge is 0.264 e. The minimum Gasteiger partial charge on any atom is -0.264 e. The number of pyridine rings is 2. The van der Waals surface area contributed by atoms with Crippen molar-refractivity contribution in [2.45, 2.75) is 12.3 Å². The molecule has 3 nitrogen and oxygen atoms in total. The average molecular weight is 379 g/mol. The minimum atomic E-state index is -0.323. The van der Waals surface area contributed by atoms with E-state index < -0.39 is 0 Å². The molecule has 29 heavy (non-hydrogen) atoms. The van der Waals surface area contributed by atoms with Crippen molar-refractivity contribution in [3.63, 3.8) is 0 Å². The van der Waals surface area contributed by atoms with Crippen molar-refractivity contribution in [3.8, 4) is 17.2 Å². The number of hydrogen-bond acceptors (Lipinski definition) is 3. The summed E-state index contributed by atoms with van der Waals surface area (Å²) in [6, 6.07) is 22.2. The summed E-state index contributed by atoms with van der Waals surface area (Å²) in [5.41, 5.74) is 5.08. The average Bonchev–Trinajstić information content (AvgIpc) is 2.79. The Morgan fingerprint density at radius 3 is 2.14 bits per heavy atom. The van der Waals surface area contributed by atoms with Gasteiger partial charge in [0.2, 0.25) is 0 Å². The van der Waals surface area contributed by atoms with Crippen molar-refractivity contribution in [2.24, 2.45) is 0 Å². The summed E-state index contributed by atoms with van der Waals surface area (Å²) >= 11 is 0. The molecule has 0 amide bonds. The fourth-order valence-corrected chi connectivity index (χ4v) is 3.61. The topological polar surface area (TPSA) is 49.6 Å². The lowest BCUT2D eigenvalue weighted by Gasteiger charge is -2.20. The van der Waals surface area contributed by atoms with Crippen LogP contribution in [0.2, 0.25) is 0 Å². The first-order chi connectivity index (χ1) is 14.3. The summed E-state index contributed by atoms with van der Waals surface area (Å²) in [7, 11) is 0. The standard InChI is InChI=1S/C25H18FN3/c26-22-10-9-18(25(14-22)23-8-2-1-5-19(23)15-27)13-24(20-6-3-11-28-16-20)21-7-4-12-29-17-21/h1-12,14,16-17,24H,13H2. The zero-order chi connectivity index (χ0) is 20.1. The molecule has 0 fully saturated rings. The normalized spacial score (nSPS) is 10.7. The lowest BCUT2D eigenvalue weighted by molar-refractivity contribution is 0.627. The van der Waals surface area contributed by atoms with E-state index in [0.717, 1.165) is 27.8 Å². The van der Waals surface area contributed by atoms with Gasteiger partial charge in [0, 0.05) is 30.7 Å². The van der Waals surface area contributed by atoms with Crippen LogP contribution >= 0.6 is 0 Å². The van der Waals surface area contributed by atoms with E-state index in [1.165, 1.54) is 12.1 Å². The molecule has 0 N–H and O–H groups in total. The first kappa shape index (κ1) is 18.5. The fraction of sp³-hybridized carbons (Fsp3) is 0.0800. The Bertz CT molecular complexity index is 1110. The highest BCUT2D eigenvalue weighted by Crippen LogP contribution is 2.34. The van der Waals surface area contributed by atoms with Gasteiger partial charge in [0.25, 0.3) is 0 Å². The van der Waals surface area contributed by atoms with Crippen LogP contribution in [0.4, 0.5) is 4.39 Å². The number of rotatable bonds is 5. The van der Waals surface area contributed by atoms with Crippen LogP contribution in [0.15, 0.2) is 91.5 Å². The fourth-order valence-electron chi connectivity index (χ4n) is 3.61. The maximum absolute atomic E-state index is 14.1. The Hall–Kier alpha value is -3.84. The summed E-state index contributed by atoms with van der Waals surface area (Å²) in [6.07, 6.45) is 7.83. The van der Waals surface area contributed by atoms with Gasteiger partial charge in [-0.2, -0.15) is 5.26 Å². The molecule has 0 unspecified atom stereocenters. The molecule has 0 aliphatic carbocycles. The highest BCUT2D eigenvalue weighted by Gasteiger charge is 2.19. The van der Waals surface area contributed by atoms with E-state index in [2.05, 4.69) is 16.0 Å². The molecule has 0 saturated heterocycles. The first-order valence-corrected chi connectivity index (χ1v) is 9.34. The van der Waals surface area contributed by atoms with Gasteiger partial charge in [-0.15, -0.1) is 0 Å². The van der Waals surface area contributed by atoms with Crippen LogP contribution in [0.1, 0.15) is 28.2 Å². The van der Waals surface area contributed by atoms with Crippen molar-refractivity contribution in [3.05, 3.63) is 120 Å². The van der Waals surface area contributed by atoms with Gasteiger partial charge in [0.1, 0.15) is 5.82 Å². The SMILES string of the molecule is N#Cc1ccccc1-c1cc(F)ccc1CC(c1cccnc1)c1cccnc1. The zero-order valence-electron chi connectivity index (χ0n) is 15.7. The van der Waals surface area contributed by atoms with Crippen LogP contribution in [0.3, 0.4) is 0 Å². The van der Waals surface area contributed by atoms with Crippen LogP contribution in [-0.4, -0.2) is 9.97 Å². The van der Waals surface area contributed by atoms with E-state index in [-0.39, 0.29) is 11.7 Å². The number of halogens is 1. The monoisotopic (exact) mass is 379 g/mol. The maximum atomic E-state index is 14.1. The molecule has 2 heterocycles. The van der Waals surface area contributed by atoms with E-state index in [9.17, 15) is 9.65 Å². The molecule has 0 radical (unpaired) electrons. The van der Waals surface area contributed by atoms with Crippen molar-refractivity contribution < 1.29 is 4.39 Å². The summed E-state index contributed by atoms with van der Waals surface area (Å²) in [6.45, 7) is 0. The van der Waals surface area contributed by atoms with Crippen molar-refractivity contribution in [2.75, 3.05) is 0 Å². The predicted molar refractivity (Wildman–Crippen MR) is 111 cm³/mol. The smallest absolute Gasteiger partial charge is 0.123 e. The third kappa shape index (κ3) is 4.04. The van der Waals surface area contributed by atoms with Gasteiger partial charge >= 0.3 is 0 Å². The highest BCUT2D eigenvalue weighted by molar-refractivity contribution is 5.73. The van der Waals surface area contributed by atoms with E-state index in [4.69, 9.17) is 0 Å². The van der Waals surface area contributed by atoms with Crippen LogP contribution in [0, 0.1) is 17.1 Å². The van der Waals surface area contributed by atoms with Gasteiger partial charge in [-0.3, -0.25) is 9.97 Å². The van der Waals surface area contributed by atoms with Crippen molar-refractivity contribution >= 4 is 0 Å². The van der Waals surface area contributed by atoms with Gasteiger partial charge < -0.3 is 0 Å². The molecule has 0 spiro atoms. The summed E-state index contributed by atoms with van der Waals surface area (Å²) < 4.78 is 14.1. The second-order valence-corrected chi connectivity index (χ2v) is 6.79. The Balaban J connectivity index is 1.83. The highest BCUT2D eigenvalue weighted by atomic mass is 19.1. The Labute approximate surface area is 169 Å². The van der Waals surface area contributed by atoms with Crippen LogP contribution in [0.25, 0.3) is 11.1 Å². The lowest BCUT2D eigenvalue weighted by atomic mass is 9.84. The molecule has 0 saturated carbocycles. The Morgan fingerprint density at radius 2 is 1.52 bits per heavy atom. The third-order valence-corrected chi connectivity index (χ3v) is 5.01. The molecule has 4 rings (SSSR count).